The van der Waals surface area contributed by atoms with Crippen molar-refractivity contribution in [3.63, 3.8) is 0 Å². The highest BCUT2D eigenvalue weighted by atomic mass is 16.1. The van der Waals surface area contributed by atoms with E-state index in [0.717, 1.165) is 17.8 Å². The Bertz CT molecular complexity index is 905. The van der Waals surface area contributed by atoms with Crippen LogP contribution in [0.2, 0.25) is 0 Å². The fraction of sp³-hybridized carbons (Fsp3) is 0.480. The molecule has 28 heavy (non-hydrogen) atoms. The van der Waals surface area contributed by atoms with Crippen LogP contribution in [0.1, 0.15) is 85.8 Å². The average molecular weight is 377 g/mol. The van der Waals surface area contributed by atoms with Gasteiger partial charge in [0.05, 0.1) is 5.69 Å². The van der Waals surface area contributed by atoms with Gasteiger partial charge >= 0.3 is 0 Å². The number of aryl methyl sites for hydroxylation is 4. The smallest absolute Gasteiger partial charge is 0.240 e. The first-order valence-corrected chi connectivity index (χ1v) is 10.6. The van der Waals surface area contributed by atoms with Gasteiger partial charge in [-0.25, -0.2) is 4.79 Å². The molecule has 148 valence electrons. The van der Waals surface area contributed by atoms with E-state index in [2.05, 4.69) is 57.0 Å². The number of rotatable bonds is 3. The Labute approximate surface area is 169 Å². The molecule has 0 saturated heterocycles. The molecule has 0 spiro atoms. The van der Waals surface area contributed by atoms with Crippen molar-refractivity contribution < 1.29 is 4.79 Å². The summed E-state index contributed by atoms with van der Waals surface area (Å²) in [6, 6.07) is 8.76. The second kappa shape index (κ2) is 8.75. The summed E-state index contributed by atoms with van der Waals surface area (Å²) < 4.78 is 0. The predicted octanol–water partition coefficient (Wildman–Crippen LogP) is 6.15. The minimum atomic E-state index is 0.406. The second-order valence-electron chi connectivity index (χ2n) is 8.65. The molecule has 2 aromatic carbocycles. The Kier molecular flexibility index (Phi) is 6.36. The minimum absolute atomic E-state index is 0.406. The van der Waals surface area contributed by atoms with E-state index in [1.807, 2.05) is 0 Å². The number of aliphatic imine (C=N–C) groups is 1. The number of hydrogen-bond donors (Lipinski definition) is 1. The van der Waals surface area contributed by atoms with Crippen molar-refractivity contribution in [1.29, 1.82) is 0 Å². The number of anilines is 1. The number of benzene rings is 2. The molecule has 0 unspecified atom stereocenters. The van der Waals surface area contributed by atoms with Crippen LogP contribution >= 0.6 is 0 Å². The van der Waals surface area contributed by atoms with E-state index in [-0.39, 0.29) is 0 Å². The minimum Gasteiger partial charge on any atom is -0.398 e. The average Bonchev–Trinajstić information content (AvgIpc) is 3.28. The molecule has 0 atom stereocenters. The van der Waals surface area contributed by atoms with Crippen LogP contribution in [0.15, 0.2) is 29.3 Å². The maximum Gasteiger partial charge on any atom is 0.240 e. The fourth-order valence-corrected chi connectivity index (χ4v) is 4.40. The van der Waals surface area contributed by atoms with E-state index in [0.29, 0.717) is 11.8 Å². The molecule has 3 heteroatoms. The van der Waals surface area contributed by atoms with E-state index in [1.165, 1.54) is 65.5 Å². The summed E-state index contributed by atoms with van der Waals surface area (Å²) in [6.07, 6.45) is 8.92. The number of nitrogen functional groups attached to an aromatic ring is 1. The summed E-state index contributed by atoms with van der Waals surface area (Å²) in [6.45, 7) is 8.65. The van der Waals surface area contributed by atoms with Crippen molar-refractivity contribution in [2.75, 3.05) is 5.73 Å². The lowest BCUT2D eigenvalue weighted by Gasteiger charge is -2.11. The van der Waals surface area contributed by atoms with E-state index in [1.54, 1.807) is 6.08 Å². The van der Waals surface area contributed by atoms with Gasteiger partial charge in [-0.15, -0.1) is 0 Å². The Morgan fingerprint density at radius 3 is 1.75 bits per heavy atom. The van der Waals surface area contributed by atoms with Crippen molar-refractivity contribution in [2.24, 2.45) is 4.99 Å². The van der Waals surface area contributed by atoms with Crippen LogP contribution in [0, 0.1) is 0 Å². The topological polar surface area (TPSA) is 55.4 Å². The third kappa shape index (κ3) is 4.36. The Morgan fingerprint density at radius 1 is 0.786 bits per heavy atom. The largest absolute Gasteiger partial charge is 0.398 e. The maximum atomic E-state index is 10.4. The lowest BCUT2D eigenvalue weighted by Crippen LogP contribution is -1.98. The molecular formula is C25H32N2O. The molecule has 0 radical (unpaired) electrons. The van der Waals surface area contributed by atoms with Gasteiger partial charge in [-0.2, -0.15) is 4.99 Å². The quantitative estimate of drug-likeness (QED) is 0.397. The number of nitrogens with two attached hydrogens (primary N) is 1. The lowest BCUT2D eigenvalue weighted by molar-refractivity contribution is 0.565. The van der Waals surface area contributed by atoms with Gasteiger partial charge in [0.1, 0.15) is 0 Å². The monoisotopic (exact) mass is 376 g/mol. The number of hydrogen-bond acceptors (Lipinski definition) is 3. The first-order chi connectivity index (χ1) is 13.4. The van der Waals surface area contributed by atoms with Gasteiger partial charge < -0.3 is 5.73 Å². The summed E-state index contributed by atoms with van der Waals surface area (Å²) in [4.78, 5) is 14.2. The van der Waals surface area contributed by atoms with Crippen LogP contribution < -0.4 is 5.73 Å². The first kappa shape index (κ1) is 20.4. The van der Waals surface area contributed by atoms with Crippen molar-refractivity contribution in [3.05, 3.63) is 57.6 Å². The molecule has 4 rings (SSSR count). The van der Waals surface area contributed by atoms with Gasteiger partial charge in [0.15, 0.2) is 0 Å². The van der Waals surface area contributed by atoms with Crippen LogP contribution in [-0.2, 0) is 30.5 Å². The van der Waals surface area contributed by atoms with Gasteiger partial charge in [-0.05, 0) is 95.9 Å². The van der Waals surface area contributed by atoms with Crippen LogP contribution in [0.4, 0.5) is 11.4 Å². The summed E-state index contributed by atoms with van der Waals surface area (Å²) >= 11 is 0. The molecule has 0 heterocycles. The van der Waals surface area contributed by atoms with E-state index < -0.39 is 0 Å². The van der Waals surface area contributed by atoms with E-state index in [9.17, 15) is 4.79 Å². The standard InChI is InChI=1S/C13H15NO.C12H17N/c1-9(2)12-6-10-4-3-5-11(10)7-13(12)14-8-15;1-8(2)11-6-9-4-3-5-10(9)7-12(11)13/h6-7,9H,3-5H2,1-2H3;6-8H,3-5,13H2,1-2H3. The highest BCUT2D eigenvalue weighted by Crippen LogP contribution is 2.34. The van der Waals surface area contributed by atoms with Crippen LogP contribution in [0.25, 0.3) is 0 Å². The molecule has 2 aliphatic rings. The molecule has 0 fully saturated rings. The SMILES string of the molecule is CC(C)c1cc2c(cc1N)CCC2.CC(C)c1cc2c(cc1N=C=O)CCC2. The van der Waals surface area contributed by atoms with Crippen molar-refractivity contribution >= 4 is 17.5 Å². The zero-order chi connectivity index (χ0) is 20.3. The summed E-state index contributed by atoms with van der Waals surface area (Å²) in [5.74, 6) is 0.953. The lowest BCUT2D eigenvalue weighted by atomic mass is 9.96. The van der Waals surface area contributed by atoms with E-state index in [4.69, 9.17) is 5.73 Å². The highest BCUT2D eigenvalue weighted by Gasteiger charge is 2.16. The fourth-order valence-electron chi connectivity index (χ4n) is 4.40. The molecule has 2 aromatic rings. The molecule has 3 nitrogen and oxygen atoms in total. The molecule has 0 aromatic heterocycles. The zero-order valence-electron chi connectivity index (χ0n) is 17.6. The summed E-state index contributed by atoms with van der Waals surface area (Å²) in [5.41, 5.74) is 16.1. The highest BCUT2D eigenvalue weighted by molar-refractivity contribution is 5.59. The third-order valence-corrected chi connectivity index (χ3v) is 5.95. The van der Waals surface area contributed by atoms with Gasteiger partial charge in [0.2, 0.25) is 6.08 Å². The normalized spacial score (nSPS) is 14.4. The molecule has 2 N–H and O–H groups in total. The number of nitrogens with zero attached hydrogens (tertiary/aromatic N) is 1. The molecule has 2 aliphatic carbocycles. The number of fused-ring (bicyclic) bond motifs is 2. The van der Waals surface area contributed by atoms with Crippen molar-refractivity contribution in [3.8, 4) is 0 Å². The molecule has 0 saturated carbocycles. The zero-order valence-corrected chi connectivity index (χ0v) is 17.6. The number of carbonyl (C=O) groups excluding carboxylic acids is 1. The number of isocyanates is 1. The van der Waals surface area contributed by atoms with Crippen molar-refractivity contribution in [2.45, 2.75) is 78.1 Å². The first-order valence-electron chi connectivity index (χ1n) is 10.6. The Hall–Kier alpha value is -2.38. The molecule has 0 bridgehead atoms. The van der Waals surface area contributed by atoms with Crippen molar-refractivity contribution in [1.82, 2.24) is 0 Å². The van der Waals surface area contributed by atoms with Crippen LogP contribution in [0.3, 0.4) is 0 Å². The molecule has 0 amide bonds. The summed E-state index contributed by atoms with van der Waals surface area (Å²) in [5, 5.41) is 0. The van der Waals surface area contributed by atoms with Gasteiger partial charge in [-0.3, -0.25) is 0 Å². The van der Waals surface area contributed by atoms with Gasteiger partial charge in [0, 0.05) is 5.69 Å². The Morgan fingerprint density at radius 2 is 1.25 bits per heavy atom. The maximum absolute atomic E-state index is 10.4. The Balaban J connectivity index is 0.000000162. The summed E-state index contributed by atoms with van der Waals surface area (Å²) in [7, 11) is 0. The third-order valence-electron chi connectivity index (χ3n) is 5.95. The molecular weight excluding hydrogens is 344 g/mol. The van der Waals surface area contributed by atoms with Gasteiger partial charge in [-0.1, -0.05) is 39.8 Å². The van der Waals surface area contributed by atoms with Crippen LogP contribution in [0.5, 0.6) is 0 Å². The molecule has 0 aliphatic heterocycles. The van der Waals surface area contributed by atoms with Crippen LogP contribution in [-0.4, -0.2) is 6.08 Å². The van der Waals surface area contributed by atoms with Gasteiger partial charge in [0.25, 0.3) is 0 Å². The predicted molar refractivity (Wildman–Crippen MR) is 117 cm³/mol. The van der Waals surface area contributed by atoms with E-state index >= 15 is 0 Å². The second-order valence-corrected chi connectivity index (χ2v) is 8.65.